The minimum absolute atomic E-state index is 0. The highest BCUT2D eigenvalue weighted by atomic mass is 127. The third kappa shape index (κ3) is 7.30. The van der Waals surface area contributed by atoms with Gasteiger partial charge >= 0.3 is 0 Å². The first-order chi connectivity index (χ1) is 14.3. The van der Waals surface area contributed by atoms with E-state index in [2.05, 4.69) is 25.6 Å². The number of ether oxygens (including phenoxy) is 2. The van der Waals surface area contributed by atoms with Crippen molar-refractivity contribution < 1.29 is 13.9 Å². The van der Waals surface area contributed by atoms with Crippen LogP contribution in [0.4, 0.5) is 0 Å². The molecule has 0 saturated heterocycles. The van der Waals surface area contributed by atoms with Gasteiger partial charge < -0.3 is 24.5 Å². The normalized spacial score (nSPS) is 10.9. The van der Waals surface area contributed by atoms with E-state index in [1.54, 1.807) is 26.6 Å². The highest BCUT2D eigenvalue weighted by molar-refractivity contribution is 14.0. The number of methoxy groups -OCH3 is 1. The molecule has 2 aromatic heterocycles. The van der Waals surface area contributed by atoms with Gasteiger partial charge in [-0.3, -0.25) is 4.99 Å². The molecule has 0 atom stereocenters. The number of benzene rings is 1. The van der Waals surface area contributed by atoms with Crippen molar-refractivity contribution in [1.29, 1.82) is 0 Å². The molecule has 0 amide bonds. The number of guanidine groups is 1. The molecule has 0 aliphatic carbocycles. The number of hydrogen-bond donors (Lipinski definition) is 2. The van der Waals surface area contributed by atoms with Crippen molar-refractivity contribution in [3.8, 4) is 17.3 Å². The summed E-state index contributed by atoms with van der Waals surface area (Å²) < 4.78 is 16.0. The third-order valence-electron chi connectivity index (χ3n) is 4.03. The predicted octanol–water partition coefficient (Wildman–Crippen LogP) is 3.25. The van der Waals surface area contributed by atoms with E-state index < -0.39 is 0 Å². The number of oxazole rings is 1. The van der Waals surface area contributed by atoms with Crippen LogP contribution in [0.5, 0.6) is 5.88 Å². The Bertz CT molecular complexity index is 901. The van der Waals surface area contributed by atoms with Gasteiger partial charge in [0.1, 0.15) is 12.9 Å². The molecule has 0 unspecified atom stereocenters. The van der Waals surface area contributed by atoms with Crippen molar-refractivity contribution >= 4 is 29.9 Å². The van der Waals surface area contributed by atoms with E-state index in [0.717, 1.165) is 16.8 Å². The summed E-state index contributed by atoms with van der Waals surface area (Å²) in [5, 5.41) is 6.47. The largest absolute Gasteiger partial charge is 0.475 e. The van der Waals surface area contributed by atoms with Gasteiger partial charge in [0.15, 0.2) is 5.96 Å². The first kappa shape index (κ1) is 23.6. The van der Waals surface area contributed by atoms with Gasteiger partial charge in [-0.15, -0.1) is 24.0 Å². The molecule has 9 heteroatoms. The number of hydrogen-bond acceptors (Lipinski definition) is 6. The fraction of sp³-hybridized carbons (Fsp3) is 0.286. The Hall–Kier alpha value is -2.66. The zero-order chi connectivity index (χ0) is 20.3. The number of aliphatic imine (C=N–C) groups is 1. The SMILES string of the molecule is CN=C(NCc1ccc(OCCOC)nc1)NCc1coc(-c2ccccc2)n1.I. The Balaban J connectivity index is 0.00000320. The maximum atomic E-state index is 5.55. The van der Waals surface area contributed by atoms with Crippen LogP contribution in [0.1, 0.15) is 11.3 Å². The van der Waals surface area contributed by atoms with Crippen LogP contribution in [-0.4, -0.2) is 43.3 Å². The molecule has 0 saturated carbocycles. The second-order valence-electron chi connectivity index (χ2n) is 6.14. The van der Waals surface area contributed by atoms with Crippen molar-refractivity contribution in [3.63, 3.8) is 0 Å². The van der Waals surface area contributed by atoms with E-state index in [9.17, 15) is 0 Å². The quantitative estimate of drug-likeness (QED) is 0.193. The van der Waals surface area contributed by atoms with Crippen LogP contribution in [0.25, 0.3) is 11.5 Å². The molecular formula is C21H26IN5O3. The van der Waals surface area contributed by atoms with E-state index in [4.69, 9.17) is 13.9 Å². The molecule has 0 aliphatic heterocycles. The lowest BCUT2D eigenvalue weighted by Crippen LogP contribution is -2.36. The predicted molar refractivity (Wildman–Crippen MR) is 126 cm³/mol. The Labute approximate surface area is 193 Å². The molecule has 0 fully saturated rings. The van der Waals surface area contributed by atoms with Crippen molar-refractivity contribution in [2.45, 2.75) is 13.1 Å². The van der Waals surface area contributed by atoms with E-state index >= 15 is 0 Å². The molecule has 1 aromatic carbocycles. The monoisotopic (exact) mass is 523 g/mol. The Morgan fingerprint density at radius 3 is 2.57 bits per heavy atom. The van der Waals surface area contributed by atoms with Gasteiger partial charge in [-0.2, -0.15) is 0 Å². The first-order valence-corrected chi connectivity index (χ1v) is 9.29. The number of nitrogens with one attached hydrogen (secondary N) is 2. The van der Waals surface area contributed by atoms with Gasteiger partial charge in [-0.1, -0.05) is 24.3 Å². The molecule has 3 rings (SSSR count). The van der Waals surface area contributed by atoms with Crippen LogP contribution in [0.15, 0.2) is 64.3 Å². The van der Waals surface area contributed by atoms with Crippen LogP contribution in [0.2, 0.25) is 0 Å². The van der Waals surface area contributed by atoms with E-state index in [-0.39, 0.29) is 24.0 Å². The van der Waals surface area contributed by atoms with Crippen molar-refractivity contribution in [2.24, 2.45) is 4.99 Å². The van der Waals surface area contributed by atoms with Crippen LogP contribution in [0.3, 0.4) is 0 Å². The summed E-state index contributed by atoms with van der Waals surface area (Å²) in [5.41, 5.74) is 2.76. The molecule has 0 bridgehead atoms. The minimum Gasteiger partial charge on any atom is -0.475 e. The standard InChI is InChI=1S/C21H25N5O3.HI/c1-22-21(24-13-16-8-9-19(23-12-16)28-11-10-27-2)25-14-18-15-29-20(26-18)17-6-4-3-5-7-17;/h3-9,12,15H,10-11,13-14H2,1-2H3,(H2,22,24,25);1H. The third-order valence-corrected chi connectivity index (χ3v) is 4.03. The molecule has 2 N–H and O–H groups in total. The molecule has 0 spiro atoms. The molecule has 8 nitrogen and oxygen atoms in total. The van der Waals surface area contributed by atoms with E-state index in [1.165, 1.54) is 0 Å². The van der Waals surface area contributed by atoms with Crippen molar-refractivity contribution in [1.82, 2.24) is 20.6 Å². The van der Waals surface area contributed by atoms with Crippen LogP contribution < -0.4 is 15.4 Å². The smallest absolute Gasteiger partial charge is 0.226 e. The number of halogens is 1. The zero-order valence-electron chi connectivity index (χ0n) is 17.0. The summed E-state index contributed by atoms with van der Waals surface area (Å²) in [6, 6.07) is 13.6. The van der Waals surface area contributed by atoms with Gasteiger partial charge in [-0.05, 0) is 17.7 Å². The number of rotatable bonds is 9. The second kappa shape index (κ2) is 12.8. The van der Waals surface area contributed by atoms with Gasteiger partial charge in [0.25, 0.3) is 0 Å². The highest BCUT2D eigenvalue weighted by Crippen LogP contribution is 2.17. The van der Waals surface area contributed by atoms with E-state index in [1.807, 2.05) is 42.5 Å². The summed E-state index contributed by atoms with van der Waals surface area (Å²) in [4.78, 5) is 13.0. The number of aromatic nitrogens is 2. The van der Waals surface area contributed by atoms with Gasteiger partial charge in [0, 0.05) is 38.5 Å². The van der Waals surface area contributed by atoms with Crippen LogP contribution in [-0.2, 0) is 17.8 Å². The zero-order valence-corrected chi connectivity index (χ0v) is 19.3. The molecule has 2 heterocycles. The van der Waals surface area contributed by atoms with Crippen molar-refractivity contribution in [3.05, 3.63) is 66.2 Å². The summed E-state index contributed by atoms with van der Waals surface area (Å²) in [7, 11) is 3.36. The Morgan fingerprint density at radius 1 is 1.07 bits per heavy atom. The Kier molecular flexibility index (Phi) is 10.1. The molecule has 30 heavy (non-hydrogen) atoms. The average Bonchev–Trinajstić information content (AvgIpc) is 3.25. The summed E-state index contributed by atoms with van der Waals surface area (Å²) in [6.07, 6.45) is 3.42. The summed E-state index contributed by atoms with van der Waals surface area (Å²) in [6.45, 7) is 2.09. The maximum Gasteiger partial charge on any atom is 0.226 e. The minimum atomic E-state index is 0. The lowest BCUT2D eigenvalue weighted by atomic mass is 10.2. The lowest BCUT2D eigenvalue weighted by molar-refractivity contribution is 0.143. The fourth-order valence-electron chi connectivity index (χ4n) is 2.51. The average molecular weight is 523 g/mol. The molecule has 0 aliphatic rings. The Morgan fingerprint density at radius 2 is 1.87 bits per heavy atom. The number of nitrogens with zero attached hydrogens (tertiary/aromatic N) is 3. The first-order valence-electron chi connectivity index (χ1n) is 9.29. The van der Waals surface area contributed by atoms with Gasteiger partial charge in [0.2, 0.25) is 11.8 Å². The molecule has 0 radical (unpaired) electrons. The molecule has 3 aromatic rings. The second-order valence-corrected chi connectivity index (χ2v) is 6.14. The lowest BCUT2D eigenvalue weighted by Gasteiger charge is -2.11. The highest BCUT2D eigenvalue weighted by Gasteiger charge is 2.07. The number of pyridine rings is 1. The van der Waals surface area contributed by atoms with Gasteiger partial charge in [-0.25, -0.2) is 9.97 Å². The molecular weight excluding hydrogens is 497 g/mol. The summed E-state index contributed by atoms with van der Waals surface area (Å²) >= 11 is 0. The van der Waals surface area contributed by atoms with Crippen LogP contribution in [0, 0.1) is 0 Å². The maximum absolute atomic E-state index is 5.55. The topological polar surface area (TPSA) is 93.8 Å². The van der Waals surface area contributed by atoms with E-state index in [0.29, 0.717) is 44.0 Å². The fourth-order valence-corrected chi connectivity index (χ4v) is 2.51. The van der Waals surface area contributed by atoms with Gasteiger partial charge in [0.05, 0.1) is 18.8 Å². The molecule has 160 valence electrons. The summed E-state index contributed by atoms with van der Waals surface area (Å²) in [5.74, 6) is 1.84. The van der Waals surface area contributed by atoms with Crippen LogP contribution >= 0.6 is 24.0 Å². The van der Waals surface area contributed by atoms with Crippen molar-refractivity contribution in [2.75, 3.05) is 27.4 Å².